The average Bonchev–Trinajstić information content (AvgIpc) is 2.38. The van der Waals surface area contributed by atoms with Gasteiger partial charge in [0.15, 0.2) is 11.5 Å². The number of ether oxygens (including phenoxy) is 3. The molecule has 4 nitrogen and oxygen atoms in total. The summed E-state index contributed by atoms with van der Waals surface area (Å²) in [5, 5.41) is 0. The van der Waals surface area contributed by atoms with Crippen molar-refractivity contribution in [1.29, 1.82) is 0 Å². The minimum absolute atomic E-state index is 0.0577. The molecule has 19 heavy (non-hydrogen) atoms. The maximum absolute atomic E-state index is 12.2. The topological polar surface area (TPSA) is 44.8 Å². The summed E-state index contributed by atoms with van der Waals surface area (Å²) < 4.78 is 38.7. The van der Waals surface area contributed by atoms with Crippen LogP contribution in [0.15, 0.2) is 18.2 Å². The highest BCUT2D eigenvalue weighted by atomic mass is 19.3. The zero-order valence-corrected chi connectivity index (χ0v) is 11.0. The molecule has 1 atom stereocenters. The third-order valence-corrected chi connectivity index (χ3v) is 2.54. The summed E-state index contributed by atoms with van der Waals surface area (Å²) in [7, 11) is 1.29. The van der Waals surface area contributed by atoms with Crippen molar-refractivity contribution in [3.8, 4) is 11.5 Å². The molecule has 1 aromatic rings. The Hall–Kier alpha value is -1.85. The van der Waals surface area contributed by atoms with Gasteiger partial charge in [-0.2, -0.15) is 8.78 Å². The average molecular weight is 274 g/mol. The van der Waals surface area contributed by atoms with Gasteiger partial charge in [0, 0.05) is 0 Å². The number of methoxy groups -OCH3 is 1. The monoisotopic (exact) mass is 274 g/mol. The van der Waals surface area contributed by atoms with Crippen LogP contribution in [0.2, 0.25) is 0 Å². The molecule has 0 aliphatic rings. The van der Waals surface area contributed by atoms with E-state index in [1.54, 1.807) is 13.8 Å². The number of carbonyl (C=O) groups excluding carboxylic acids is 1. The van der Waals surface area contributed by atoms with Crippen LogP contribution in [0.25, 0.3) is 0 Å². The van der Waals surface area contributed by atoms with Crippen molar-refractivity contribution in [2.24, 2.45) is 0 Å². The van der Waals surface area contributed by atoms with Crippen molar-refractivity contribution in [2.75, 3.05) is 13.7 Å². The Morgan fingerprint density at radius 1 is 1.32 bits per heavy atom. The summed E-state index contributed by atoms with van der Waals surface area (Å²) in [6.07, 6.45) is 0. The van der Waals surface area contributed by atoms with E-state index in [0.717, 1.165) is 0 Å². The number of rotatable bonds is 6. The third-order valence-electron chi connectivity index (χ3n) is 2.54. The fraction of sp³-hybridized carbons (Fsp3) is 0.462. The van der Waals surface area contributed by atoms with Gasteiger partial charge in [-0.25, -0.2) is 0 Å². The van der Waals surface area contributed by atoms with E-state index in [1.807, 2.05) is 0 Å². The predicted octanol–water partition coefficient (Wildman–Crippen LogP) is 2.96. The van der Waals surface area contributed by atoms with Crippen LogP contribution in [0.3, 0.4) is 0 Å². The van der Waals surface area contributed by atoms with Gasteiger partial charge in [-0.1, -0.05) is 6.07 Å². The number of hydrogen-bond donors (Lipinski definition) is 0. The number of carbonyl (C=O) groups is 1. The number of alkyl halides is 2. The lowest BCUT2D eigenvalue weighted by atomic mass is 10.0. The molecule has 0 spiro atoms. The maximum Gasteiger partial charge on any atom is 0.387 e. The van der Waals surface area contributed by atoms with E-state index in [0.29, 0.717) is 12.2 Å². The van der Waals surface area contributed by atoms with Crippen LogP contribution in [-0.2, 0) is 9.53 Å². The van der Waals surface area contributed by atoms with Gasteiger partial charge in [0.1, 0.15) is 0 Å². The maximum atomic E-state index is 12.2. The molecule has 0 heterocycles. The Morgan fingerprint density at radius 3 is 2.53 bits per heavy atom. The minimum atomic E-state index is -2.93. The number of benzene rings is 1. The highest BCUT2D eigenvalue weighted by molar-refractivity contribution is 5.77. The first-order valence-electron chi connectivity index (χ1n) is 5.79. The van der Waals surface area contributed by atoms with Crippen LogP contribution in [0, 0.1) is 0 Å². The second-order valence-corrected chi connectivity index (χ2v) is 3.76. The van der Waals surface area contributed by atoms with Crippen molar-refractivity contribution in [1.82, 2.24) is 0 Å². The van der Waals surface area contributed by atoms with Gasteiger partial charge < -0.3 is 14.2 Å². The molecular formula is C13H16F2O4. The van der Waals surface area contributed by atoms with Gasteiger partial charge >= 0.3 is 12.6 Å². The zero-order valence-electron chi connectivity index (χ0n) is 11.0. The molecule has 0 aromatic heterocycles. The van der Waals surface area contributed by atoms with Gasteiger partial charge in [-0.05, 0) is 31.5 Å². The first-order valence-corrected chi connectivity index (χ1v) is 5.79. The highest BCUT2D eigenvalue weighted by Gasteiger charge is 2.19. The Labute approximate surface area is 110 Å². The smallest absolute Gasteiger partial charge is 0.387 e. The Morgan fingerprint density at radius 2 is 2.00 bits per heavy atom. The lowest BCUT2D eigenvalue weighted by Crippen LogP contribution is -2.11. The van der Waals surface area contributed by atoms with Crippen LogP contribution in [0.4, 0.5) is 8.78 Å². The van der Waals surface area contributed by atoms with Gasteiger partial charge in [0.25, 0.3) is 0 Å². The first kappa shape index (κ1) is 15.2. The number of halogens is 2. The quantitative estimate of drug-likeness (QED) is 0.748. The molecule has 1 unspecified atom stereocenters. The van der Waals surface area contributed by atoms with E-state index in [-0.39, 0.29) is 11.5 Å². The highest BCUT2D eigenvalue weighted by Crippen LogP contribution is 2.32. The van der Waals surface area contributed by atoms with Gasteiger partial charge in [-0.15, -0.1) is 0 Å². The van der Waals surface area contributed by atoms with E-state index >= 15 is 0 Å². The second kappa shape index (κ2) is 6.92. The van der Waals surface area contributed by atoms with Crippen LogP contribution in [0.1, 0.15) is 25.3 Å². The zero-order chi connectivity index (χ0) is 14.4. The summed E-state index contributed by atoms with van der Waals surface area (Å²) in [5.74, 6) is -0.802. The van der Waals surface area contributed by atoms with E-state index in [1.165, 1.54) is 25.3 Å². The molecule has 6 heteroatoms. The fourth-order valence-corrected chi connectivity index (χ4v) is 1.57. The largest absolute Gasteiger partial charge is 0.490 e. The SMILES string of the molecule is CCOc1cc(C(C)C(=O)OC)ccc1OC(F)F. The van der Waals surface area contributed by atoms with E-state index in [9.17, 15) is 13.6 Å². The van der Waals surface area contributed by atoms with Crippen molar-refractivity contribution in [3.63, 3.8) is 0 Å². The van der Waals surface area contributed by atoms with E-state index < -0.39 is 18.5 Å². The van der Waals surface area contributed by atoms with E-state index in [2.05, 4.69) is 9.47 Å². The van der Waals surface area contributed by atoms with Crippen LogP contribution in [0.5, 0.6) is 11.5 Å². The summed E-state index contributed by atoms with van der Waals surface area (Å²) in [6, 6.07) is 4.39. The Bertz CT molecular complexity index is 435. The molecule has 1 rings (SSSR count). The molecule has 0 N–H and O–H groups in total. The van der Waals surface area contributed by atoms with E-state index in [4.69, 9.17) is 4.74 Å². The lowest BCUT2D eigenvalue weighted by Gasteiger charge is -2.15. The Balaban J connectivity index is 3.04. The lowest BCUT2D eigenvalue weighted by molar-refractivity contribution is -0.142. The summed E-state index contributed by atoms with van der Waals surface area (Å²) in [6.45, 7) is 0.756. The second-order valence-electron chi connectivity index (χ2n) is 3.76. The molecule has 1 aromatic carbocycles. The van der Waals surface area contributed by atoms with Crippen molar-refractivity contribution >= 4 is 5.97 Å². The molecule has 0 bridgehead atoms. The summed E-state index contributed by atoms with van der Waals surface area (Å²) in [4.78, 5) is 11.4. The van der Waals surface area contributed by atoms with Crippen molar-refractivity contribution in [2.45, 2.75) is 26.4 Å². The third kappa shape index (κ3) is 4.08. The number of esters is 1. The molecule has 106 valence electrons. The van der Waals surface area contributed by atoms with Gasteiger partial charge in [0.05, 0.1) is 19.6 Å². The molecule has 0 aliphatic heterocycles. The molecule has 0 fully saturated rings. The molecule has 0 saturated carbocycles. The van der Waals surface area contributed by atoms with Gasteiger partial charge in [0.2, 0.25) is 0 Å². The van der Waals surface area contributed by atoms with Crippen molar-refractivity contribution in [3.05, 3.63) is 23.8 Å². The molecule has 0 aliphatic carbocycles. The first-order chi connectivity index (χ1) is 8.99. The fourth-order valence-electron chi connectivity index (χ4n) is 1.57. The van der Waals surface area contributed by atoms with Crippen LogP contribution < -0.4 is 9.47 Å². The molecule has 0 amide bonds. The standard InChI is InChI=1S/C13H16F2O4/c1-4-18-11-7-9(8(2)12(16)17-3)5-6-10(11)19-13(14)15/h5-8,13H,4H2,1-3H3. The minimum Gasteiger partial charge on any atom is -0.490 e. The Kier molecular flexibility index (Phi) is 5.54. The predicted molar refractivity (Wildman–Crippen MR) is 64.7 cm³/mol. The summed E-state index contributed by atoms with van der Waals surface area (Å²) >= 11 is 0. The van der Waals surface area contributed by atoms with Crippen LogP contribution >= 0.6 is 0 Å². The molecular weight excluding hydrogens is 258 g/mol. The molecule has 0 radical (unpaired) electrons. The normalized spacial score (nSPS) is 12.1. The number of hydrogen-bond acceptors (Lipinski definition) is 4. The van der Waals surface area contributed by atoms with Gasteiger partial charge in [-0.3, -0.25) is 4.79 Å². The molecule has 0 saturated heterocycles. The van der Waals surface area contributed by atoms with Crippen molar-refractivity contribution < 1.29 is 27.8 Å². The van der Waals surface area contributed by atoms with Crippen LogP contribution in [-0.4, -0.2) is 26.3 Å². The summed E-state index contributed by atoms with van der Waals surface area (Å²) in [5.41, 5.74) is 0.608.